The van der Waals surface area contributed by atoms with E-state index in [9.17, 15) is 0 Å². The van der Waals surface area contributed by atoms with Crippen molar-refractivity contribution >= 4 is 11.8 Å². The van der Waals surface area contributed by atoms with E-state index >= 15 is 0 Å². The molecular weight excluding hydrogens is 202 g/mol. The summed E-state index contributed by atoms with van der Waals surface area (Å²) in [4.78, 5) is 0. The molecule has 0 aromatic heterocycles. The highest BCUT2D eigenvalue weighted by Gasteiger charge is 2.21. The van der Waals surface area contributed by atoms with E-state index in [0.717, 1.165) is 11.3 Å². The van der Waals surface area contributed by atoms with Crippen LogP contribution < -0.4 is 5.32 Å². The van der Waals surface area contributed by atoms with E-state index in [1.54, 1.807) is 0 Å². The van der Waals surface area contributed by atoms with Crippen molar-refractivity contribution in [1.82, 2.24) is 5.32 Å². The lowest BCUT2D eigenvalue weighted by atomic mass is 9.96. The standard InChI is InChI=1S/C13H27NS/c1-3-4-11-15-13-10-8-6-5-7-9-12(13)14-2/h12-14H,3-11H2,1-2H3. The average Bonchev–Trinajstić information content (AvgIpc) is 2.22. The molecule has 1 saturated carbocycles. The van der Waals surface area contributed by atoms with Crippen LogP contribution in [-0.2, 0) is 0 Å². The molecule has 90 valence electrons. The molecule has 0 aromatic rings. The normalized spacial score (nSPS) is 28.4. The Kier molecular flexibility index (Phi) is 7.54. The Morgan fingerprint density at radius 3 is 2.53 bits per heavy atom. The predicted octanol–water partition coefficient (Wildman–Crippen LogP) is 3.83. The van der Waals surface area contributed by atoms with Crippen molar-refractivity contribution in [3.8, 4) is 0 Å². The van der Waals surface area contributed by atoms with Crippen molar-refractivity contribution in [3.63, 3.8) is 0 Å². The Morgan fingerprint density at radius 2 is 1.87 bits per heavy atom. The van der Waals surface area contributed by atoms with Gasteiger partial charge in [0.25, 0.3) is 0 Å². The summed E-state index contributed by atoms with van der Waals surface area (Å²) in [6.07, 6.45) is 11.3. The minimum atomic E-state index is 0.771. The molecule has 1 rings (SSSR count). The lowest BCUT2D eigenvalue weighted by molar-refractivity contribution is 0.420. The summed E-state index contributed by atoms with van der Waals surface area (Å²) in [5, 5.41) is 4.40. The third-order valence-corrected chi connectivity index (χ3v) is 4.92. The molecule has 0 aromatic carbocycles. The van der Waals surface area contributed by atoms with Crippen molar-refractivity contribution < 1.29 is 0 Å². The maximum absolute atomic E-state index is 3.53. The molecule has 1 nitrogen and oxygen atoms in total. The van der Waals surface area contributed by atoms with Crippen LogP contribution in [0.3, 0.4) is 0 Å². The van der Waals surface area contributed by atoms with Gasteiger partial charge in [-0.25, -0.2) is 0 Å². The number of rotatable bonds is 5. The molecule has 0 spiro atoms. The van der Waals surface area contributed by atoms with Crippen molar-refractivity contribution in [2.75, 3.05) is 12.8 Å². The van der Waals surface area contributed by atoms with Gasteiger partial charge in [-0.05, 0) is 32.1 Å². The minimum absolute atomic E-state index is 0.771. The molecular formula is C13H27NS. The van der Waals surface area contributed by atoms with Gasteiger partial charge >= 0.3 is 0 Å². The quantitative estimate of drug-likeness (QED) is 0.719. The first-order valence-electron chi connectivity index (χ1n) is 6.67. The molecule has 1 aliphatic rings. The fourth-order valence-electron chi connectivity index (χ4n) is 2.36. The van der Waals surface area contributed by atoms with E-state index in [-0.39, 0.29) is 0 Å². The Hall–Kier alpha value is 0.310. The first-order chi connectivity index (χ1) is 7.38. The first-order valence-corrected chi connectivity index (χ1v) is 7.72. The van der Waals surface area contributed by atoms with E-state index in [1.165, 1.54) is 57.1 Å². The van der Waals surface area contributed by atoms with Crippen LogP contribution in [-0.4, -0.2) is 24.1 Å². The van der Waals surface area contributed by atoms with Crippen LogP contribution >= 0.6 is 11.8 Å². The van der Waals surface area contributed by atoms with Crippen molar-refractivity contribution in [2.24, 2.45) is 0 Å². The van der Waals surface area contributed by atoms with Crippen LogP contribution in [0.15, 0.2) is 0 Å². The first kappa shape index (κ1) is 13.4. The molecule has 2 heteroatoms. The minimum Gasteiger partial charge on any atom is -0.316 e. The highest BCUT2D eigenvalue weighted by atomic mass is 32.2. The van der Waals surface area contributed by atoms with Crippen LogP contribution in [0.2, 0.25) is 0 Å². The average molecular weight is 229 g/mol. The van der Waals surface area contributed by atoms with E-state index in [1.807, 2.05) is 0 Å². The number of thioether (sulfide) groups is 1. The molecule has 0 heterocycles. The van der Waals surface area contributed by atoms with Gasteiger partial charge in [-0.3, -0.25) is 0 Å². The summed E-state index contributed by atoms with van der Waals surface area (Å²) in [5.41, 5.74) is 0. The molecule has 0 saturated heterocycles. The zero-order chi connectivity index (χ0) is 10.9. The second-order valence-electron chi connectivity index (χ2n) is 4.65. The molecule has 0 aliphatic heterocycles. The van der Waals surface area contributed by atoms with Crippen molar-refractivity contribution in [2.45, 2.75) is 69.6 Å². The Bertz CT molecular complexity index is 149. The summed E-state index contributed by atoms with van der Waals surface area (Å²) in [6.45, 7) is 2.29. The van der Waals surface area contributed by atoms with E-state index in [0.29, 0.717) is 0 Å². The Morgan fingerprint density at radius 1 is 1.13 bits per heavy atom. The Labute approximate surface area is 99.8 Å². The molecule has 0 amide bonds. The summed E-state index contributed by atoms with van der Waals surface area (Å²) in [5.74, 6) is 1.36. The Balaban J connectivity index is 2.32. The summed E-state index contributed by atoms with van der Waals surface area (Å²) in [7, 11) is 2.14. The van der Waals surface area contributed by atoms with Crippen LogP contribution in [0.1, 0.15) is 58.3 Å². The number of hydrogen-bond acceptors (Lipinski definition) is 2. The second-order valence-corrected chi connectivity index (χ2v) is 6.00. The number of hydrogen-bond donors (Lipinski definition) is 1. The lowest BCUT2D eigenvalue weighted by Gasteiger charge is -2.28. The molecule has 15 heavy (non-hydrogen) atoms. The van der Waals surface area contributed by atoms with Crippen molar-refractivity contribution in [1.29, 1.82) is 0 Å². The van der Waals surface area contributed by atoms with Gasteiger partial charge in [0.1, 0.15) is 0 Å². The second kappa shape index (κ2) is 8.46. The maximum Gasteiger partial charge on any atom is 0.0201 e. The smallest absolute Gasteiger partial charge is 0.0201 e. The highest BCUT2D eigenvalue weighted by molar-refractivity contribution is 7.99. The van der Waals surface area contributed by atoms with Crippen LogP contribution in [0, 0.1) is 0 Å². The zero-order valence-corrected chi connectivity index (χ0v) is 11.2. The molecule has 1 N–H and O–H groups in total. The van der Waals surface area contributed by atoms with E-state index in [4.69, 9.17) is 0 Å². The van der Waals surface area contributed by atoms with E-state index in [2.05, 4.69) is 31.1 Å². The van der Waals surface area contributed by atoms with Crippen LogP contribution in [0.5, 0.6) is 0 Å². The van der Waals surface area contributed by atoms with E-state index < -0.39 is 0 Å². The molecule has 2 atom stereocenters. The number of unbranched alkanes of at least 4 members (excludes halogenated alkanes) is 1. The predicted molar refractivity (Wildman–Crippen MR) is 71.7 cm³/mol. The maximum atomic E-state index is 3.53. The van der Waals surface area contributed by atoms with Gasteiger partial charge in [-0.15, -0.1) is 0 Å². The largest absolute Gasteiger partial charge is 0.316 e. The SMILES string of the molecule is CCCCSC1CCCCCCC1NC. The van der Waals surface area contributed by atoms with Gasteiger partial charge in [-0.2, -0.15) is 11.8 Å². The van der Waals surface area contributed by atoms with Gasteiger partial charge in [-0.1, -0.05) is 39.0 Å². The summed E-state index contributed by atoms with van der Waals surface area (Å²) >= 11 is 2.21. The number of nitrogens with one attached hydrogen (secondary N) is 1. The third-order valence-electron chi connectivity index (χ3n) is 3.40. The fraction of sp³-hybridized carbons (Fsp3) is 1.00. The molecule has 1 aliphatic carbocycles. The third kappa shape index (κ3) is 5.26. The fourth-order valence-corrected chi connectivity index (χ4v) is 3.96. The zero-order valence-electron chi connectivity index (χ0n) is 10.4. The van der Waals surface area contributed by atoms with Crippen molar-refractivity contribution in [3.05, 3.63) is 0 Å². The summed E-state index contributed by atoms with van der Waals surface area (Å²) < 4.78 is 0. The molecule has 1 fully saturated rings. The van der Waals surface area contributed by atoms with Gasteiger partial charge < -0.3 is 5.32 Å². The van der Waals surface area contributed by atoms with Gasteiger partial charge in [0.15, 0.2) is 0 Å². The van der Waals surface area contributed by atoms with Gasteiger partial charge in [0.05, 0.1) is 0 Å². The molecule has 0 bridgehead atoms. The monoisotopic (exact) mass is 229 g/mol. The summed E-state index contributed by atoms with van der Waals surface area (Å²) in [6, 6.07) is 0.771. The highest BCUT2D eigenvalue weighted by Crippen LogP contribution is 2.27. The van der Waals surface area contributed by atoms with Gasteiger partial charge in [0, 0.05) is 11.3 Å². The van der Waals surface area contributed by atoms with Crippen LogP contribution in [0.4, 0.5) is 0 Å². The van der Waals surface area contributed by atoms with Gasteiger partial charge in [0.2, 0.25) is 0 Å². The lowest BCUT2D eigenvalue weighted by Crippen LogP contribution is -2.36. The topological polar surface area (TPSA) is 12.0 Å². The molecule has 2 unspecified atom stereocenters. The molecule has 0 radical (unpaired) electrons. The van der Waals surface area contributed by atoms with Crippen LogP contribution in [0.25, 0.3) is 0 Å².